The third-order valence-electron chi connectivity index (χ3n) is 4.12. The molecule has 0 spiro atoms. The fourth-order valence-corrected chi connectivity index (χ4v) is 2.31. The molecule has 2 amide bonds. The van der Waals surface area contributed by atoms with Gasteiger partial charge < -0.3 is 15.7 Å². The minimum atomic E-state index is -0.824. The molecule has 0 aromatic heterocycles. The number of carbonyl (C=O) groups is 2. The van der Waals surface area contributed by atoms with Gasteiger partial charge in [-0.05, 0) is 49.9 Å². The molecule has 0 unspecified atom stereocenters. The molecule has 0 aliphatic heterocycles. The zero-order valence-electron chi connectivity index (χ0n) is 11.8. The van der Waals surface area contributed by atoms with Crippen LogP contribution in [0.1, 0.15) is 30.4 Å². The molecule has 0 radical (unpaired) electrons. The van der Waals surface area contributed by atoms with Gasteiger partial charge in [0.15, 0.2) is 0 Å². The third kappa shape index (κ3) is 2.92. The lowest BCUT2D eigenvalue weighted by Gasteiger charge is -2.37. The Balaban J connectivity index is 1.89. The van der Waals surface area contributed by atoms with Crippen molar-refractivity contribution in [1.29, 1.82) is 0 Å². The van der Waals surface area contributed by atoms with Crippen LogP contribution in [0, 0.1) is 19.3 Å². The standard InChI is InChI=1S/C15H20N2O3/c1-10-4-5-12(8-11(10)2)17-14(20)16-9-15(13(18)19)6-3-7-15/h4-5,8H,3,6-7,9H2,1-2H3,(H,18,19)(H2,16,17,20). The van der Waals surface area contributed by atoms with Crippen LogP contribution in [-0.2, 0) is 4.79 Å². The van der Waals surface area contributed by atoms with Crippen LogP contribution >= 0.6 is 0 Å². The fraction of sp³-hybridized carbons (Fsp3) is 0.467. The molecule has 0 bridgehead atoms. The topological polar surface area (TPSA) is 78.4 Å². The van der Waals surface area contributed by atoms with Crippen molar-refractivity contribution in [3.05, 3.63) is 29.3 Å². The summed E-state index contributed by atoms with van der Waals surface area (Å²) in [4.78, 5) is 23.0. The van der Waals surface area contributed by atoms with Crippen LogP contribution in [0.4, 0.5) is 10.5 Å². The maximum Gasteiger partial charge on any atom is 0.319 e. The predicted molar refractivity (Wildman–Crippen MR) is 76.9 cm³/mol. The van der Waals surface area contributed by atoms with E-state index in [0.717, 1.165) is 17.5 Å². The number of carboxylic acids is 1. The molecule has 5 nitrogen and oxygen atoms in total. The number of hydrogen-bond acceptors (Lipinski definition) is 2. The van der Waals surface area contributed by atoms with Crippen molar-refractivity contribution in [2.45, 2.75) is 33.1 Å². The largest absolute Gasteiger partial charge is 0.481 e. The molecular weight excluding hydrogens is 256 g/mol. The van der Waals surface area contributed by atoms with E-state index < -0.39 is 11.4 Å². The average Bonchev–Trinajstić information content (AvgIpc) is 2.32. The second-order valence-corrected chi connectivity index (χ2v) is 5.55. The van der Waals surface area contributed by atoms with Crippen molar-refractivity contribution in [2.24, 2.45) is 5.41 Å². The van der Waals surface area contributed by atoms with Crippen molar-refractivity contribution >= 4 is 17.7 Å². The molecule has 5 heteroatoms. The summed E-state index contributed by atoms with van der Waals surface area (Å²) < 4.78 is 0. The number of aliphatic carboxylic acids is 1. The van der Waals surface area contributed by atoms with E-state index in [-0.39, 0.29) is 12.6 Å². The van der Waals surface area contributed by atoms with Gasteiger partial charge in [0.1, 0.15) is 0 Å². The van der Waals surface area contributed by atoms with E-state index in [4.69, 9.17) is 0 Å². The van der Waals surface area contributed by atoms with E-state index in [9.17, 15) is 14.7 Å². The smallest absolute Gasteiger partial charge is 0.319 e. The quantitative estimate of drug-likeness (QED) is 0.791. The number of anilines is 1. The maximum atomic E-state index is 11.8. The van der Waals surface area contributed by atoms with Crippen LogP contribution < -0.4 is 10.6 Å². The summed E-state index contributed by atoms with van der Waals surface area (Å²) in [7, 11) is 0. The fourth-order valence-electron chi connectivity index (χ4n) is 2.31. The van der Waals surface area contributed by atoms with Crippen LogP contribution in [0.3, 0.4) is 0 Å². The van der Waals surface area contributed by atoms with Crippen molar-refractivity contribution < 1.29 is 14.7 Å². The molecule has 0 saturated heterocycles. The van der Waals surface area contributed by atoms with Gasteiger partial charge in [0.05, 0.1) is 5.41 Å². The molecule has 1 fully saturated rings. The second kappa shape index (κ2) is 5.53. The average molecular weight is 276 g/mol. The Morgan fingerprint density at radius 1 is 1.25 bits per heavy atom. The van der Waals surface area contributed by atoms with Crippen molar-refractivity contribution in [3.63, 3.8) is 0 Å². The Bertz CT molecular complexity index is 536. The highest BCUT2D eigenvalue weighted by molar-refractivity contribution is 5.90. The number of amides is 2. The van der Waals surface area contributed by atoms with Crippen LogP contribution in [0.15, 0.2) is 18.2 Å². The van der Waals surface area contributed by atoms with Gasteiger partial charge >= 0.3 is 12.0 Å². The molecule has 2 rings (SSSR count). The monoisotopic (exact) mass is 276 g/mol. The van der Waals surface area contributed by atoms with Crippen LogP contribution in [0.5, 0.6) is 0 Å². The minimum Gasteiger partial charge on any atom is -0.481 e. The lowest BCUT2D eigenvalue weighted by molar-refractivity contribution is -0.153. The first-order valence-electron chi connectivity index (χ1n) is 6.78. The van der Waals surface area contributed by atoms with Crippen molar-refractivity contribution in [1.82, 2.24) is 5.32 Å². The molecule has 1 aliphatic rings. The number of hydrogen-bond donors (Lipinski definition) is 3. The van der Waals surface area contributed by atoms with Gasteiger partial charge in [0, 0.05) is 12.2 Å². The Morgan fingerprint density at radius 3 is 2.45 bits per heavy atom. The highest BCUT2D eigenvalue weighted by Gasteiger charge is 2.44. The lowest BCUT2D eigenvalue weighted by Crippen LogP contribution is -2.48. The highest BCUT2D eigenvalue weighted by Crippen LogP contribution is 2.40. The Morgan fingerprint density at radius 2 is 1.95 bits per heavy atom. The van der Waals surface area contributed by atoms with Gasteiger partial charge in [-0.2, -0.15) is 0 Å². The number of urea groups is 1. The first-order chi connectivity index (χ1) is 9.43. The van der Waals surface area contributed by atoms with Gasteiger partial charge in [-0.25, -0.2) is 4.79 Å². The minimum absolute atomic E-state index is 0.180. The normalized spacial score (nSPS) is 16.1. The molecule has 1 aromatic rings. The third-order valence-corrected chi connectivity index (χ3v) is 4.12. The SMILES string of the molecule is Cc1ccc(NC(=O)NCC2(C(=O)O)CCC2)cc1C. The Hall–Kier alpha value is -2.04. The Kier molecular flexibility index (Phi) is 3.97. The number of benzene rings is 1. The zero-order chi connectivity index (χ0) is 14.8. The van der Waals surface area contributed by atoms with Crippen LogP contribution in [-0.4, -0.2) is 23.7 Å². The summed E-state index contributed by atoms with van der Waals surface area (Å²) in [5.74, 6) is -0.824. The first kappa shape index (κ1) is 14.4. The van der Waals surface area contributed by atoms with Gasteiger partial charge in [0.25, 0.3) is 0 Å². The van der Waals surface area contributed by atoms with Crippen molar-refractivity contribution in [2.75, 3.05) is 11.9 Å². The number of carboxylic acid groups (broad SMARTS) is 1. The number of rotatable bonds is 4. The number of aryl methyl sites for hydroxylation is 2. The zero-order valence-corrected chi connectivity index (χ0v) is 11.8. The van der Waals surface area contributed by atoms with Gasteiger partial charge in [0.2, 0.25) is 0 Å². The summed E-state index contributed by atoms with van der Waals surface area (Å²) in [5, 5.41) is 14.6. The molecule has 1 saturated carbocycles. The van der Waals surface area contributed by atoms with Gasteiger partial charge in [-0.3, -0.25) is 4.79 Å². The molecule has 0 atom stereocenters. The number of nitrogens with one attached hydrogen (secondary N) is 2. The molecule has 20 heavy (non-hydrogen) atoms. The molecule has 1 aliphatic carbocycles. The lowest BCUT2D eigenvalue weighted by atomic mass is 9.69. The molecule has 108 valence electrons. The van der Waals surface area contributed by atoms with E-state index >= 15 is 0 Å². The molecule has 0 heterocycles. The summed E-state index contributed by atoms with van der Waals surface area (Å²) in [6.45, 7) is 4.16. The summed E-state index contributed by atoms with van der Waals surface area (Å²) in [6.07, 6.45) is 2.17. The summed E-state index contributed by atoms with van der Waals surface area (Å²) >= 11 is 0. The van der Waals surface area contributed by atoms with Crippen LogP contribution in [0.25, 0.3) is 0 Å². The second-order valence-electron chi connectivity index (χ2n) is 5.55. The van der Waals surface area contributed by atoms with E-state index in [1.165, 1.54) is 0 Å². The maximum absolute atomic E-state index is 11.8. The van der Waals surface area contributed by atoms with E-state index in [1.807, 2.05) is 32.0 Å². The van der Waals surface area contributed by atoms with Crippen molar-refractivity contribution in [3.8, 4) is 0 Å². The van der Waals surface area contributed by atoms with E-state index in [0.29, 0.717) is 18.5 Å². The summed E-state index contributed by atoms with van der Waals surface area (Å²) in [5.41, 5.74) is 2.21. The number of carbonyl (C=O) groups excluding carboxylic acids is 1. The predicted octanol–water partition coefficient (Wildman–Crippen LogP) is 2.68. The van der Waals surface area contributed by atoms with E-state index in [2.05, 4.69) is 10.6 Å². The van der Waals surface area contributed by atoms with Gasteiger partial charge in [-0.15, -0.1) is 0 Å². The van der Waals surface area contributed by atoms with Crippen LogP contribution in [0.2, 0.25) is 0 Å². The van der Waals surface area contributed by atoms with E-state index in [1.54, 1.807) is 0 Å². The van der Waals surface area contributed by atoms with Gasteiger partial charge in [-0.1, -0.05) is 12.5 Å². The molecule has 3 N–H and O–H groups in total. The molecular formula is C15H20N2O3. The molecule has 1 aromatic carbocycles. The Labute approximate surface area is 118 Å². The summed E-state index contributed by atoms with van der Waals surface area (Å²) in [6, 6.07) is 5.31. The highest BCUT2D eigenvalue weighted by atomic mass is 16.4. The first-order valence-corrected chi connectivity index (χ1v) is 6.78.